The fourth-order valence-electron chi connectivity index (χ4n) is 1.87. The number of rotatable bonds is 2. The molecule has 86 valence electrons. The zero-order valence-electron chi connectivity index (χ0n) is 9.87. The normalized spacial score (nSPS) is 18.9. The van der Waals surface area contributed by atoms with Gasteiger partial charge >= 0.3 is 6.09 Å². The van der Waals surface area contributed by atoms with E-state index in [0.29, 0.717) is 13.2 Å². The second kappa shape index (κ2) is 4.21. The predicted octanol–water partition coefficient (Wildman–Crippen LogP) is 2.04. The average molecular weight is 213 g/mol. The number of carbonyl (C=O) groups is 2. The average Bonchev–Trinajstić information content (AvgIpc) is 2.47. The molecule has 1 fully saturated rings. The van der Waals surface area contributed by atoms with Gasteiger partial charge in [0.25, 0.3) is 0 Å². The summed E-state index contributed by atoms with van der Waals surface area (Å²) >= 11 is 0. The van der Waals surface area contributed by atoms with Gasteiger partial charge in [0.05, 0.1) is 6.54 Å². The van der Waals surface area contributed by atoms with Crippen molar-refractivity contribution in [2.24, 2.45) is 11.3 Å². The molecule has 0 radical (unpaired) electrons. The smallest absolute Gasteiger partial charge is 0.416 e. The van der Waals surface area contributed by atoms with Gasteiger partial charge in [-0.3, -0.25) is 4.79 Å². The quantitative estimate of drug-likeness (QED) is 0.705. The van der Waals surface area contributed by atoms with E-state index < -0.39 is 6.09 Å². The zero-order chi connectivity index (χ0) is 11.6. The minimum absolute atomic E-state index is 0.0959. The highest BCUT2D eigenvalue weighted by Crippen LogP contribution is 2.25. The number of hydrogen-bond donors (Lipinski definition) is 0. The topological polar surface area (TPSA) is 46.6 Å². The maximum atomic E-state index is 11.9. The summed E-state index contributed by atoms with van der Waals surface area (Å²) in [6.45, 7) is 8.83. The highest BCUT2D eigenvalue weighted by atomic mass is 16.6. The van der Waals surface area contributed by atoms with Gasteiger partial charge in [0.1, 0.15) is 6.61 Å². The number of carbonyl (C=O) groups excluding carboxylic acids is 2. The monoisotopic (exact) mass is 213 g/mol. The van der Waals surface area contributed by atoms with E-state index in [1.807, 2.05) is 6.92 Å². The molecule has 1 unspecified atom stereocenters. The van der Waals surface area contributed by atoms with E-state index in [-0.39, 0.29) is 17.2 Å². The van der Waals surface area contributed by atoms with Crippen molar-refractivity contribution in [1.29, 1.82) is 0 Å². The van der Waals surface area contributed by atoms with Crippen LogP contribution in [0.5, 0.6) is 0 Å². The third-order valence-electron chi connectivity index (χ3n) is 2.37. The van der Waals surface area contributed by atoms with Gasteiger partial charge < -0.3 is 4.74 Å². The van der Waals surface area contributed by atoms with Crippen molar-refractivity contribution < 1.29 is 14.3 Å². The van der Waals surface area contributed by atoms with E-state index in [2.05, 4.69) is 20.8 Å². The molecular weight excluding hydrogens is 194 g/mol. The first kappa shape index (κ1) is 12.0. The first-order valence-electron chi connectivity index (χ1n) is 5.29. The Hall–Kier alpha value is -1.06. The lowest BCUT2D eigenvalue weighted by Crippen LogP contribution is -2.37. The molecule has 0 spiro atoms. The Bertz CT molecular complexity index is 267. The van der Waals surface area contributed by atoms with Crippen LogP contribution in [0.2, 0.25) is 0 Å². The van der Waals surface area contributed by atoms with Crippen LogP contribution in [0.3, 0.4) is 0 Å². The molecular formula is C11H19NO3. The molecule has 0 aliphatic carbocycles. The summed E-state index contributed by atoms with van der Waals surface area (Å²) in [5, 5.41) is 0. The lowest BCUT2D eigenvalue weighted by Gasteiger charge is -2.24. The van der Waals surface area contributed by atoms with Crippen molar-refractivity contribution >= 4 is 12.0 Å². The van der Waals surface area contributed by atoms with E-state index in [9.17, 15) is 9.59 Å². The molecule has 4 nitrogen and oxygen atoms in total. The molecule has 0 N–H and O–H groups in total. The Labute approximate surface area is 90.6 Å². The van der Waals surface area contributed by atoms with Crippen LogP contribution >= 0.6 is 0 Å². The Kier molecular flexibility index (Phi) is 3.37. The summed E-state index contributed by atoms with van der Waals surface area (Å²) in [6, 6.07) is 0. The largest absolute Gasteiger partial charge is 0.447 e. The van der Waals surface area contributed by atoms with Crippen LogP contribution in [0.1, 0.15) is 34.1 Å². The van der Waals surface area contributed by atoms with Crippen molar-refractivity contribution in [1.82, 2.24) is 4.90 Å². The zero-order valence-corrected chi connectivity index (χ0v) is 9.87. The highest BCUT2D eigenvalue weighted by Gasteiger charge is 2.32. The van der Waals surface area contributed by atoms with Crippen molar-refractivity contribution in [2.45, 2.75) is 34.1 Å². The molecule has 0 saturated carbocycles. The number of nitrogens with zero attached hydrogens (tertiary/aromatic N) is 1. The molecule has 2 amide bonds. The van der Waals surface area contributed by atoms with Gasteiger partial charge in [-0.05, 0) is 11.8 Å². The van der Waals surface area contributed by atoms with Crippen LogP contribution in [0, 0.1) is 11.3 Å². The second-order valence-electron chi connectivity index (χ2n) is 5.27. The number of amides is 2. The van der Waals surface area contributed by atoms with Crippen LogP contribution < -0.4 is 0 Å². The Morgan fingerprint density at radius 1 is 1.53 bits per heavy atom. The number of hydrogen-bond acceptors (Lipinski definition) is 3. The number of cyclic esters (lactones) is 1. The van der Waals surface area contributed by atoms with Crippen molar-refractivity contribution in [3.8, 4) is 0 Å². The van der Waals surface area contributed by atoms with E-state index >= 15 is 0 Å². The van der Waals surface area contributed by atoms with Gasteiger partial charge in [0.15, 0.2) is 0 Å². The van der Waals surface area contributed by atoms with E-state index in [1.54, 1.807) is 0 Å². The predicted molar refractivity (Wildman–Crippen MR) is 56.3 cm³/mol. The maximum absolute atomic E-state index is 11.9. The lowest BCUT2D eigenvalue weighted by molar-refractivity contribution is -0.132. The standard InChI is InChI=1S/C11H19NO3/c1-8(7-11(2,3)4)9(13)12-5-6-15-10(12)14/h8H,5-7H2,1-4H3. The van der Waals surface area contributed by atoms with Crippen LogP contribution in [-0.4, -0.2) is 30.1 Å². The fourth-order valence-corrected chi connectivity index (χ4v) is 1.87. The minimum atomic E-state index is -0.499. The summed E-state index contributed by atoms with van der Waals surface area (Å²) in [6.07, 6.45) is 0.274. The van der Waals surface area contributed by atoms with Gasteiger partial charge in [-0.1, -0.05) is 27.7 Å². The Morgan fingerprint density at radius 2 is 2.13 bits per heavy atom. The maximum Gasteiger partial charge on any atom is 0.416 e. The third-order valence-corrected chi connectivity index (χ3v) is 2.37. The molecule has 1 aliphatic heterocycles. The van der Waals surface area contributed by atoms with Crippen LogP contribution in [0.25, 0.3) is 0 Å². The molecule has 0 aromatic carbocycles. The van der Waals surface area contributed by atoms with Crippen molar-refractivity contribution in [3.63, 3.8) is 0 Å². The molecule has 15 heavy (non-hydrogen) atoms. The summed E-state index contributed by atoms with van der Waals surface area (Å²) in [4.78, 5) is 24.2. The second-order valence-corrected chi connectivity index (χ2v) is 5.27. The third kappa shape index (κ3) is 3.22. The van der Waals surface area contributed by atoms with Crippen LogP contribution in [0.4, 0.5) is 4.79 Å². The van der Waals surface area contributed by atoms with Gasteiger partial charge in [0, 0.05) is 5.92 Å². The Morgan fingerprint density at radius 3 is 2.53 bits per heavy atom. The summed E-state index contributed by atoms with van der Waals surface area (Å²) in [7, 11) is 0. The molecule has 1 atom stereocenters. The molecule has 1 aliphatic rings. The highest BCUT2D eigenvalue weighted by molar-refractivity contribution is 5.94. The molecule has 1 saturated heterocycles. The molecule has 0 bridgehead atoms. The first-order chi connectivity index (χ1) is 6.81. The van der Waals surface area contributed by atoms with E-state index in [1.165, 1.54) is 4.90 Å². The Balaban J connectivity index is 2.56. The first-order valence-corrected chi connectivity index (χ1v) is 5.29. The van der Waals surface area contributed by atoms with Gasteiger partial charge in [-0.15, -0.1) is 0 Å². The van der Waals surface area contributed by atoms with E-state index in [4.69, 9.17) is 4.74 Å². The van der Waals surface area contributed by atoms with Crippen molar-refractivity contribution in [3.05, 3.63) is 0 Å². The number of imide groups is 1. The lowest BCUT2D eigenvalue weighted by atomic mass is 9.85. The van der Waals surface area contributed by atoms with Gasteiger partial charge in [0.2, 0.25) is 5.91 Å². The van der Waals surface area contributed by atoms with Crippen LogP contribution in [0.15, 0.2) is 0 Å². The fraction of sp³-hybridized carbons (Fsp3) is 0.818. The molecule has 1 heterocycles. The summed E-state index contributed by atoms with van der Waals surface area (Å²) in [5.41, 5.74) is 0.0959. The van der Waals surface area contributed by atoms with E-state index in [0.717, 1.165) is 6.42 Å². The summed E-state index contributed by atoms with van der Waals surface area (Å²) < 4.78 is 4.73. The van der Waals surface area contributed by atoms with Gasteiger partial charge in [-0.2, -0.15) is 0 Å². The minimum Gasteiger partial charge on any atom is -0.447 e. The van der Waals surface area contributed by atoms with Gasteiger partial charge in [-0.25, -0.2) is 9.69 Å². The molecule has 0 aromatic heterocycles. The number of ether oxygens (including phenoxy) is 1. The molecule has 1 rings (SSSR count). The molecule has 4 heteroatoms. The van der Waals surface area contributed by atoms with Crippen LogP contribution in [-0.2, 0) is 9.53 Å². The summed E-state index contributed by atoms with van der Waals surface area (Å²) in [5.74, 6) is -0.247. The van der Waals surface area contributed by atoms with Crippen molar-refractivity contribution in [2.75, 3.05) is 13.2 Å². The molecule has 0 aromatic rings. The SMILES string of the molecule is CC(CC(C)(C)C)C(=O)N1CCOC1=O.